The molecule has 2 saturated carbocycles. The van der Waals surface area contributed by atoms with Crippen LogP contribution in [0.2, 0.25) is 0 Å². The van der Waals surface area contributed by atoms with Crippen LogP contribution >= 0.6 is 0 Å². The highest BCUT2D eigenvalue weighted by atomic mass is 15.3. The van der Waals surface area contributed by atoms with Gasteiger partial charge < -0.3 is 5.73 Å². The molecule has 3 unspecified atom stereocenters. The van der Waals surface area contributed by atoms with Crippen molar-refractivity contribution < 1.29 is 0 Å². The number of hydrogen-bond acceptors (Lipinski definition) is 3. The molecule has 0 aromatic carbocycles. The van der Waals surface area contributed by atoms with Gasteiger partial charge in [-0.15, -0.1) is 0 Å². The average molecular weight is 279 g/mol. The van der Waals surface area contributed by atoms with Gasteiger partial charge in [0.25, 0.3) is 0 Å². The van der Waals surface area contributed by atoms with Crippen molar-refractivity contribution >= 4 is 0 Å². The van der Waals surface area contributed by atoms with Crippen LogP contribution in [-0.4, -0.2) is 54.6 Å². The zero-order chi connectivity index (χ0) is 13.9. The van der Waals surface area contributed by atoms with E-state index < -0.39 is 0 Å². The Hall–Kier alpha value is -0.120. The van der Waals surface area contributed by atoms with E-state index in [1.54, 1.807) is 0 Å². The zero-order valence-corrected chi connectivity index (χ0v) is 13.3. The van der Waals surface area contributed by atoms with E-state index in [-0.39, 0.29) is 0 Å². The predicted molar refractivity (Wildman–Crippen MR) is 84.7 cm³/mol. The molecule has 3 rings (SSSR count). The molecule has 3 nitrogen and oxygen atoms in total. The Morgan fingerprint density at radius 2 is 1.55 bits per heavy atom. The highest BCUT2D eigenvalue weighted by molar-refractivity contribution is 4.90. The van der Waals surface area contributed by atoms with E-state index in [0.717, 1.165) is 30.5 Å². The summed E-state index contributed by atoms with van der Waals surface area (Å²) >= 11 is 0. The van der Waals surface area contributed by atoms with Crippen LogP contribution in [0, 0.1) is 11.8 Å². The van der Waals surface area contributed by atoms with Gasteiger partial charge in [-0.3, -0.25) is 9.80 Å². The van der Waals surface area contributed by atoms with Crippen molar-refractivity contribution in [1.82, 2.24) is 9.80 Å². The molecule has 3 heteroatoms. The Kier molecular flexibility index (Phi) is 5.00. The Morgan fingerprint density at radius 3 is 2.20 bits per heavy atom. The summed E-state index contributed by atoms with van der Waals surface area (Å²) in [6, 6.07) is 1.68. The lowest BCUT2D eigenvalue weighted by molar-refractivity contribution is 0.0266. The van der Waals surface area contributed by atoms with Gasteiger partial charge in [-0.2, -0.15) is 0 Å². The lowest BCUT2D eigenvalue weighted by Gasteiger charge is -2.46. The molecule has 3 aliphatic rings. The topological polar surface area (TPSA) is 32.5 Å². The monoisotopic (exact) mass is 279 g/mol. The summed E-state index contributed by atoms with van der Waals surface area (Å²) in [5.74, 6) is 1.65. The van der Waals surface area contributed by atoms with Crippen molar-refractivity contribution in [3.05, 3.63) is 0 Å². The predicted octanol–water partition coefficient (Wildman–Crippen LogP) is 2.31. The maximum atomic E-state index is 6.04. The molecule has 0 bridgehead atoms. The summed E-state index contributed by atoms with van der Waals surface area (Å²) in [6.45, 7) is 8.48. The quantitative estimate of drug-likeness (QED) is 0.860. The fourth-order valence-electron chi connectivity index (χ4n) is 4.84. The van der Waals surface area contributed by atoms with Gasteiger partial charge in [-0.25, -0.2) is 0 Å². The van der Waals surface area contributed by atoms with E-state index in [9.17, 15) is 0 Å². The van der Waals surface area contributed by atoms with Gasteiger partial charge in [0.2, 0.25) is 0 Å². The third-order valence-corrected chi connectivity index (χ3v) is 6.18. The Balaban J connectivity index is 1.53. The fourth-order valence-corrected chi connectivity index (χ4v) is 4.84. The van der Waals surface area contributed by atoms with Crippen molar-refractivity contribution in [3.63, 3.8) is 0 Å². The average Bonchev–Trinajstić information content (AvgIpc) is 3.02. The molecule has 3 fully saturated rings. The van der Waals surface area contributed by atoms with Gasteiger partial charge in [0.1, 0.15) is 0 Å². The number of piperazine rings is 1. The van der Waals surface area contributed by atoms with Crippen LogP contribution in [0.3, 0.4) is 0 Å². The molecular weight excluding hydrogens is 246 g/mol. The Labute approximate surface area is 124 Å². The summed E-state index contributed by atoms with van der Waals surface area (Å²) < 4.78 is 0. The number of rotatable bonds is 3. The van der Waals surface area contributed by atoms with Crippen molar-refractivity contribution in [1.29, 1.82) is 0 Å². The minimum Gasteiger partial charge on any atom is -0.330 e. The van der Waals surface area contributed by atoms with Crippen molar-refractivity contribution in [2.75, 3.05) is 32.7 Å². The van der Waals surface area contributed by atoms with E-state index in [1.165, 1.54) is 71.1 Å². The van der Waals surface area contributed by atoms with Gasteiger partial charge in [0, 0.05) is 38.3 Å². The summed E-state index contributed by atoms with van der Waals surface area (Å²) in [4.78, 5) is 5.55. The zero-order valence-electron chi connectivity index (χ0n) is 13.3. The normalized spacial score (nSPS) is 38.4. The molecular formula is C17H33N3. The summed E-state index contributed by atoms with van der Waals surface area (Å²) in [5, 5.41) is 0. The molecule has 116 valence electrons. The van der Waals surface area contributed by atoms with Crippen LogP contribution in [0.15, 0.2) is 0 Å². The van der Waals surface area contributed by atoms with Crippen LogP contribution in [0.1, 0.15) is 51.9 Å². The summed E-state index contributed by atoms with van der Waals surface area (Å²) in [5.41, 5.74) is 6.04. The third kappa shape index (κ3) is 3.20. The van der Waals surface area contributed by atoms with Crippen molar-refractivity contribution in [2.24, 2.45) is 17.6 Å². The maximum absolute atomic E-state index is 6.04. The highest BCUT2D eigenvalue weighted by Gasteiger charge is 2.35. The van der Waals surface area contributed by atoms with Crippen LogP contribution in [-0.2, 0) is 0 Å². The van der Waals surface area contributed by atoms with Gasteiger partial charge in [-0.1, -0.05) is 26.2 Å². The molecule has 0 aromatic rings. The first-order chi connectivity index (χ1) is 9.78. The van der Waals surface area contributed by atoms with E-state index >= 15 is 0 Å². The van der Waals surface area contributed by atoms with E-state index in [0.29, 0.717) is 0 Å². The minimum atomic E-state index is 0.754. The molecule has 2 N–H and O–H groups in total. The SMILES string of the molecule is CC1CCC(CN)C(N2CCN(C3CCCC3)CC2)C1. The molecule has 2 aliphatic carbocycles. The first-order valence-corrected chi connectivity index (χ1v) is 8.96. The van der Waals surface area contributed by atoms with Crippen LogP contribution in [0.5, 0.6) is 0 Å². The summed E-state index contributed by atoms with van der Waals surface area (Å²) in [6.07, 6.45) is 9.94. The molecule has 0 spiro atoms. The fraction of sp³-hybridized carbons (Fsp3) is 1.00. The number of hydrogen-bond donors (Lipinski definition) is 1. The van der Waals surface area contributed by atoms with Gasteiger partial charge in [0.15, 0.2) is 0 Å². The second-order valence-electron chi connectivity index (χ2n) is 7.49. The Bertz CT molecular complexity index is 293. The molecule has 3 atom stereocenters. The van der Waals surface area contributed by atoms with E-state index in [1.807, 2.05) is 0 Å². The molecule has 1 aliphatic heterocycles. The molecule has 1 heterocycles. The Morgan fingerprint density at radius 1 is 0.900 bits per heavy atom. The molecule has 20 heavy (non-hydrogen) atoms. The maximum Gasteiger partial charge on any atom is 0.0139 e. The van der Waals surface area contributed by atoms with Crippen LogP contribution in [0.25, 0.3) is 0 Å². The summed E-state index contributed by atoms with van der Waals surface area (Å²) in [7, 11) is 0. The van der Waals surface area contributed by atoms with Gasteiger partial charge in [-0.05, 0) is 44.1 Å². The minimum absolute atomic E-state index is 0.754. The highest BCUT2D eigenvalue weighted by Crippen LogP contribution is 2.33. The molecule has 0 amide bonds. The largest absolute Gasteiger partial charge is 0.330 e. The van der Waals surface area contributed by atoms with Crippen molar-refractivity contribution in [3.8, 4) is 0 Å². The lowest BCUT2D eigenvalue weighted by Crippen LogP contribution is -2.56. The lowest BCUT2D eigenvalue weighted by atomic mass is 9.78. The third-order valence-electron chi connectivity index (χ3n) is 6.18. The molecule has 1 saturated heterocycles. The van der Waals surface area contributed by atoms with E-state index in [2.05, 4.69) is 16.7 Å². The molecule has 0 radical (unpaired) electrons. The van der Waals surface area contributed by atoms with Crippen molar-refractivity contribution in [2.45, 2.75) is 64.0 Å². The second-order valence-corrected chi connectivity index (χ2v) is 7.49. The van der Waals surface area contributed by atoms with E-state index in [4.69, 9.17) is 5.73 Å². The van der Waals surface area contributed by atoms with Crippen LogP contribution in [0.4, 0.5) is 0 Å². The smallest absolute Gasteiger partial charge is 0.0139 e. The number of nitrogens with zero attached hydrogens (tertiary/aromatic N) is 2. The van der Waals surface area contributed by atoms with Gasteiger partial charge in [0.05, 0.1) is 0 Å². The first kappa shape index (κ1) is 14.8. The first-order valence-electron chi connectivity index (χ1n) is 8.96. The standard InChI is InChI=1S/C17H33N3/c1-14-6-7-15(13-18)17(12-14)20-10-8-19(9-11-20)16-4-2-3-5-16/h14-17H,2-13,18H2,1H3. The molecule has 0 aromatic heterocycles. The second kappa shape index (κ2) is 6.76. The van der Waals surface area contributed by atoms with Crippen LogP contribution < -0.4 is 5.73 Å². The number of nitrogens with two attached hydrogens (primary N) is 1. The van der Waals surface area contributed by atoms with Gasteiger partial charge >= 0.3 is 0 Å².